The fourth-order valence-electron chi connectivity index (χ4n) is 8.68. The molecule has 2 heterocycles. The highest BCUT2D eigenvalue weighted by Crippen LogP contribution is 2.33. The summed E-state index contributed by atoms with van der Waals surface area (Å²) in [6, 6.07) is 13.4. The van der Waals surface area contributed by atoms with Crippen LogP contribution < -0.4 is 36.1 Å². The molecule has 7 N–H and O–H groups in total. The lowest BCUT2D eigenvalue weighted by atomic mass is 9.94. The van der Waals surface area contributed by atoms with Crippen molar-refractivity contribution >= 4 is 73.0 Å². The predicted molar refractivity (Wildman–Crippen MR) is 271 cm³/mol. The van der Waals surface area contributed by atoms with Crippen LogP contribution in [0.3, 0.4) is 0 Å². The van der Waals surface area contributed by atoms with Crippen molar-refractivity contribution in [1.82, 2.24) is 31.5 Å². The fourth-order valence-corrected chi connectivity index (χ4v) is 10.3. The number of nitrogens with one attached hydrogen (secondary N) is 5. The number of amides is 6. The zero-order valence-corrected chi connectivity index (χ0v) is 43.3. The third kappa shape index (κ3) is 15.2. The van der Waals surface area contributed by atoms with Gasteiger partial charge in [-0.2, -0.15) is 8.42 Å². The van der Waals surface area contributed by atoms with Crippen LogP contribution in [0.4, 0.5) is 0 Å². The molecule has 4 aromatic rings. The summed E-state index contributed by atoms with van der Waals surface area (Å²) >= 11 is 1.46. The highest BCUT2D eigenvalue weighted by atomic mass is 32.2. The van der Waals surface area contributed by atoms with E-state index in [0.717, 1.165) is 15.6 Å². The van der Waals surface area contributed by atoms with Gasteiger partial charge in [0.05, 0.1) is 19.8 Å². The summed E-state index contributed by atoms with van der Waals surface area (Å²) in [5.41, 5.74) is -0.600. The van der Waals surface area contributed by atoms with E-state index in [2.05, 4.69) is 26.6 Å². The molecule has 0 spiro atoms. The normalized spacial score (nSPS) is 16.4. The number of carbonyl (C=O) groups excluding carboxylic acids is 6. The number of carboxylic acids is 1. The molecule has 72 heavy (non-hydrogen) atoms. The van der Waals surface area contributed by atoms with Crippen LogP contribution in [0.2, 0.25) is 0 Å². The monoisotopic (exact) mass is 1030 g/mol. The van der Waals surface area contributed by atoms with E-state index in [9.17, 15) is 51.6 Å². The minimum Gasteiger partial charge on any atom is -0.493 e. The van der Waals surface area contributed by atoms with Gasteiger partial charge in [0.2, 0.25) is 29.5 Å². The number of para-hydroxylation sites is 1. The lowest BCUT2D eigenvalue weighted by molar-refractivity contribution is -0.147. The Hall–Kier alpha value is -6.58. The molecule has 1 aromatic heterocycles. The second kappa shape index (κ2) is 24.7. The van der Waals surface area contributed by atoms with Crippen molar-refractivity contribution in [2.45, 2.75) is 133 Å². The number of ether oxygens (including phenoxy) is 2. The van der Waals surface area contributed by atoms with Gasteiger partial charge in [-0.1, -0.05) is 61.9 Å². The van der Waals surface area contributed by atoms with Gasteiger partial charge in [-0.15, -0.1) is 11.3 Å². The van der Waals surface area contributed by atoms with Crippen LogP contribution in [0.5, 0.6) is 11.5 Å². The van der Waals surface area contributed by atoms with Crippen LogP contribution in [0.25, 0.3) is 10.1 Å². The molecule has 1 saturated heterocycles. The van der Waals surface area contributed by atoms with Crippen molar-refractivity contribution in [3.63, 3.8) is 0 Å². The Morgan fingerprint density at radius 1 is 0.792 bits per heavy atom. The van der Waals surface area contributed by atoms with E-state index in [4.69, 9.17) is 9.47 Å². The van der Waals surface area contributed by atoms with E-state index in [1.165, 1.54) is 48.7 Å². The summed E-state index contributed by atoms with van der Waals surface area (Å²) < 4.78 is 44.2. The Bertz CT molecular complexity index is 2720. The number of thiophene rings is 1. The zero-order chi connectivity index (χ0) is 53.0. The number of likely N-dealkylation sites (tertiary alicyclic amines) is 1. The van der Waals surface area contributed by atoms with Crippen LogP contribution in [0.15, 0.2) is 72.1 Å². The van der Waals surface area contributed by atoms with Gasteiger partial charge < -0.3 is 46.1 Å². The first-order valence-corrected chi connectivity index (χ1v) is 26.2. The number of carbonyl (C=O) groups is 7. The standard InChI is InChI=1S/C51H66N6O13S2/c1-8-14-37(53-45(61)38(27-31-21-23-32(24-22-31)30-72(66,67)68)54-44(60)35-16-11-18-40(69-6)43(35)70-7)48(64)57-26-13-25-51(57,5)49(65)55-39(28-33-29-71-41-19-10-9-15-34(33)41)46(62)52-36(17-12-20-42(58)59)47(63)56-50(2,3)4/h9-11,15-16,18-19,21-24,29,36-39H,8,12-14,17,20,25-28,30H2,1-7H3,(H,52,62)(H,53,61)(H,54,60)(H,55,65)(H,56,63)(H,58,59)(H,66,67,68)/t36-,37-,38-,39-,51-/m0/s1. The minimum absolute atomic E-state index is 0.00952. The number of hydrogen-bond donors (Lipinski definition) is 7. The fraction of sp³-hybridized carbons (Fsp3) is 0.471. The van der Waals surface area contributed by atoms with Gasteiger partial charge >= 0.3 is 5.97 Å². The van der Waals surface area contributed by atoms with Crippen molar-refractivity contribution in [2.24, 2.45) is 0 Å². The van der Waals surface area contributed by atoms with E-state index in [1.807, 2.05) is 36.6 Å². The molecule has 0 aliphatic carbocycles. The van der Waals surface area contributed by atoms with Crippen LogP contribution >= 0.6 is 11.3 Å². The molecule has 0 radical (unpaired) electrons. The lowest BCUT2D eigenvalue weighted by Crippen LogP contribution is -2.63. The smallest absolute Gasteiger partial charge is 0.303 e. The number of hydrogen-bond acceptors (Lipinski definition) is 12. The molecule has 0 bridgehead atoms. The first kappa shape index (κ1) is 56.3. The van der Waals surface area contributed by atoms with Crippen molar-refractivity contribution in [3.05, 3.63) is 94.4 Å². The van der Waals surface area contributed by atoms with Crippen molar-refractivity contribution in [1.29, 1.82) is 0 Å². The van der Waals surface area contributed by atoms with Gasteiger partial charge in [-0.3, -0.25) is 38.1 Å². The minimum atomic E-state index is -4.33. The van der Waals surface area contributed by atoms with Crippen LogP contribution in [-0.2, 0) is 57.5 Å². The Morgan fingerprint density at radius 2 is 1.44 bits per heavy atom. The molecule has 0 saturated carbocycles. The predicted octanol–water partition coefficient (Wildman–Crippen LogP) is 4.70. The quantitative estimate of drug-likeness (QED) is 0.0470. The molecule has 1 aliphatic heterocycles. The SMILES string of the molecule is CCC[C@H](NC(=O)[C@H](Cc1ccc(CS(=O)(=O)O)cc1)NC(=O)c1cccc(OC)c1OC)C(=O)N1CCC[C@@]1(C)C(=O)N[C@@H](Cc1csc2ccccc12)C(=O)N[C@@H](CCCC(=O)O)C(=O)NC(C)(C)C. The van der Waals surface area contributed by atoms with Crippen molar-refractivity contribution in [2.75, 3.05) is 20.8 Å². The molecule has 5 rings (SSSR count). The van der Waals surface area contributed by atoms with Gasteiger partial charge in [-0.25, -0.2) is 0 Å². The van der Waals surface area contributed by atoms with E-state index in [-0.39, 0.29) is 74.1 Å². The highest BCUT2D eigenvalue weighted by Gasteiger charge is 2.48. The Balaban J connectivity index is 1.43. The third-order valence-corrected chi connectivity index (χ3v) is 14.0. The Labute approximate surface area is 423 Å². The Kier molecular flexibility index (Phi) is 19.3. The molecule has 1 fully saturated rings. The molecule has 6 amide bonds. The number of methoxy groups -OCH3 is 2. The topological polar surface area (TPSA) is 276 Å². The number of benzene rings is 3. The highest BCUT2D eigenvalue weighted by molar-refractivity contribution is 7.85. The molecule has 390 valence electrons. The van der Waals surface area contributed by atoms with E-state index < -0.39 is 92.5 Å². The summed E-state index contributed by atoms with van der Waals surface area (Å²) in [6.45, 7) is 8.86. The summed E-state index contributed by atoms with van der Waals surface area (Å²) in [7, 11) is -1.56. The van der Waals surface area contributed by atoms with Gasteiger partial charge in [-0.05, 0) is 105 Å². The first-order valence-electron chi connectivity index (χ1n) is 23.7. The number of fused-ring (bicyclic) bond motifs is 1. The maximum atomic E-state index is 14.8. The summed E-state index contributed by atoms with van der Waals surface area (Å²) in [5.74, 6) is -5.19. The van der Waals surface area contributed by atoms with E-state index in [0.29, 0.717) is 18.4 Å². The first-order chi connectivity index (χ1) is 34.0. The van der Waals surface area contributed by atoms with Gasteiger partial charge in [0, 0.05) is 36.0 Å². The van der Waals surface area contributed by atoms with Gasteiger partial charge in [0.1, 0.15) is 35.5 Å². The zero-order valence-electron chi connectivity index (χ0n) is 41.7. The average molecular weight is 1040 g/mol. The third-order valence-electron chi connectivity index (χ3n) is 12.3. The maximum Gasteiger partial charge on any atom is 0.303 e. The molecular weight excluding hydrogens is 969 g/mol. The number of rotatable bonds is 24. The molecule has 5 atom stereocenters. The van der Waals surface area contributed by atoms with E-state index >= 15 is 0 Å². The van der Waals surface area contributed by atoms with Crippen molar-refractivity contribution < 1.29 is 61.1 Å². The maximum absolute atomic E-state index is 14.8. The Morgan fingerprint density at radius 3 is 2.07 bits per heavy atom. The second-order valence-electron chi connectivity index (χ2n) is 19.1. The summed E-state index contributed by atoms with van der Waals surface area (Å²) in [4.78, 5) is 98.8. The lowest BCUT2D eigenvalue weighted by Gasteiger charge is -2.37. The molecule has 1 aliphatic rings. The number of nitrogens with zero attached hydrogens (tertiary/aromatic N) is 1. The largest absolute Gasteiger partial charge is 0.493 e. The van der Waals surface area contributed by atoms with Gasteiger partial charge in [0.15, 0.2) is 11.5 Å². The summed E-state index contributed by atoms with van der Waals surface area (Å²) in [5, 5.41) is 26.2. The van der Waals surface area contributed by atoms with Crippen molar-refractivity contribution in [3.8, 4) is 11.5 Å². The van der Waals surface area contributed by atoms with Crippen LogP contribution in [0.1, 0.15) is 107 Å². The van der Waals surface area contributed by atoms with Gasteiger partial charge in [0.25, 0.3) is 16.0 Å². The molecule has 19 nitrogen and oxygen atoms in total. The summed E-state index contributed by atoms with van der Waals surface area (Å²) in [6.07, 6.45) is 0.935. The molecular formula is C51H66N6O13S2. The number of aliphatic carboxylic acids is 1. The molecule has 0 unspecified atom stereocenters. The van der Waals surface area contributed by atoms with Crippen LogP contribution in [0, 0.1) is 0 Å². The molecule has 3 aromatic carbocycles. The van der Waals surface area contributed by atoms with E-state index in [1.54, 1.807) is 52.0 Å². The second-order valence-corrected chi connectivity index (χ2v) is 21.5. The molecule has 21 heteroatoms. The van der Waals surface area contributed by atoms with Crippen LogP contribution in [-0.4, -0.2) is 120 Å². The average Bonchev–Trinajstić information content (AvgIpc) is 3.92. The number of carboxylic acid groups (broad SMARTS) is 1.